The summed E-state index contributed by atoms with van der Waals surface area (Å²) in [6.45, 7) is 0. The zero-order valence-electron chi connectivity index (χ0n) is 11.8. The van der Waals surface area contributed by atoms with Gasteiger partial charge in [0.05, 0.1) is 22.7 Å². The van der Waals surface area contributed by atoms with Gasteiger partial charge >= 0.3 is 5.97 Å². The van der Waals surface area contributed by atoms with Crippen LogP contribution in [0.3, 0.4) is 0 Å². The molecule has 4 atom stereocenters. The van der Waals surface area contributed by atoms with E-state index < -0.39 is 10.9 Å². The van der Waals surface area contributed by atoms with Crippen molar-refractivity contribution >= 4 is 27.6 Å². The molecule has 6 nitrogen and oxygen atoms in total. The van der Waals surface area contributed by atoms with Crippen molar-refractivity contribution in [3.8, 4) is 0 Å². The number of ether oxygens (including phenoxy) is 2. The van der Waals surface area contributed by atoms with Crippen molar-refractivity contribution in [2.75, 3.05) is 0 Å². The van der Waals surface area contributed by atoms with Crippen LogP contribution >= 0.6 is 15.9 Å². The van der Waals surface area contributed by atoms with E-state index in [1.165, 1.54) is 24.3 Å². The first-order valence-electron chi connectivity index (χ1n) is 7.29. The minimum absolute atomic E-state index is 0.0462. The average molecular weight is 370 g/mol. The molecule has 1 aromatic carbocycles. The van der Waals surface area contributed by atoms with Gasteiger partial charge in [-0.25, -0.2) is 4.79 Å². The Kier molecular flexibility index (Phi) is 4.44. The maximum absolute atomic E-state index is 12.2. The largest absolute Gasteiger partial charge is 0.456 e. The van der Waals surface area contributed by atoms with E-state index in [0.29, 0.717) is 10.4 Å². The van der Waals surface area contributed by atoms with Gasteiger partial charge in [-0.05, 0) is 37.8 Å². The van der Waals surface area contributed by atoms with E-state index in [9.17, 15) is 14.9 Å². The van der Waals surface area contributed by atoms with E-state index in [-0.39, 0.29) is 24.0 Å². The first kappa shape index (κ1) is 15.4. The Bertz CT molecular complexity index is 576. The van der Waals surface area contributed by atoms with Gasteiger partial charge in [0.25, 0.3) is 5.69 Å². The molecule has 0 spiro atoms. The number of non-ortho nitro benzene ring substituents is 1. The third-order valence-corrected chi connectivity index (χ3v) is 5.25. The number of hydrogen-bond acceptors (Lipinski definition) is 5. The monoisotopic (exact) mass is 369 g/mol. The minimum Gasteiger partial charge on any atom is -0.456 e. The third-order valence-electron chi connectivity index (χ3n) is 4.20. The minimum atomic E-state index is -0.497. The van der Waals surface area contributed by atoms with Gasteiger partial charge in [-0.1, -0.05) is 15.9 Å². The number of fused-ring (bicyclic) bond motifs is 2. The highest BCUT2D eigenvalue weighted by Gasteiger charge is 2.40. The van der Waals surface area contributed by atoms with Gasteiger partial charge in [0, 0.05) is 17.0 Å². The molecule has 0 aliphatic carbocycles. The van der Waals surface area contributed by atoms with Gasteiger partial charge in [-0.3, -0.25) is 10.1 Å². The maximum atomic E-state index is 12.2. The fourth-order valence-electron chi connectivity index (χ4n) is 2.98. The standard InChI is InChI=1S/C15H16BrNO5/c16-11-5-6-14(13-8-7-12(11)21-13)22-15(18)9-1-3-10(4-2-9)17(19)20/h1-4,11-14H,5-8H2/t11-,12-,13+,14+/m0/s1. The van der Waals surface area contributed by atoms with Crippen molar-refractivity contribution in [2.24, 2.45) is 0 Å². The number of hydrogen-bond donors (Lipinski definition) is 0. The van der Waals surface area contributed by atoms with Crippen molar-refractivity contribution in [2.45, 2.75) is 48.8 Å². The Morgan fingerprint density at radius 1 is 1.18 bits per heavy atom. The van der Waals surface area contributed by atoms with Crippen molar-refractivity contribution in [3.63, 3.8) is 0 Å². The quantitative estimate of drug-likeness (QED) is 0.353. The van der Waals surface area contributed by atoms with E-state index in [2.05, 4.69) is 15.9 Å². The van der Waals surface area contributed by atoms with Gasteiger partial charge in [0.1, 0.15) is 6.10 Å². The third kappa shape index (κ3) is 3.15. The lowest BCUT2D eigenvalue weighted by Crippen LogP contribution is -2.30. The van der Waals surface area contributed by atoms with Crippen molar-refractivity contribution < 1.29 is 19.2 Å². The molecule has 0 amide bonds. The Labute approximate surface area is 136 Å². The molecule has 2 heterocycles. The molecule has 2 saturated heterocycles. The summed E-state index contributed by atoms with van der Waals surface area (Å²) < 4.78 is 11.5. The highest BCUT2D eigenvalue weighted by atomic mass is 79.9. The Morgan fingerprint density at radius 2 is 1.86 bits per heavy atom. The van der Waals surface area contributed by atoms with Crippen LogP contribution in [0, 0.1) is 10.1 Å². The summed E-state index contributed by atoms with van der Waals surface area (Å²) in [7, 11) is 0. The van der Waals surface area contributed by atoms with Crippen LogP contribution in [0.1, 0.15) is 36.0 Å². The number of nitro benzene ring substituents is 1. The number of carbonyl (C=O) groups excluding carboxylic acids is 1. The summed E-state index contributed by atoms with van der Waals surface area (Å²) in [5.41, 5.74) is 0.273. The van der Waals surface area contributed by atoms with Crippen LogP contribution < -0.4 is 0 Å². The second-order valence-electron chi connectivity index (χ2n) is 5.63. The van der Waals surface area contributed by atoms with Crippen LogP contribution in [0.5, 0.6) is 0 Å². The van der Waals surface area contributed by atoms with Gasteiger partial charge in [0.2, 0.25) is 0 Å². The second-order valence-corrected chi connectivity index (χ2v) is 6.81. The molecular formula is C15H16BrNO5. The summed E-state index contributed by atoms with van der Waals surface area (Å²) in [5, 5.41) is 10.6. The van der Waals surface area contributed by atoms with Crippen LogP contribution in [0.2, 0.25) is 0 Å². The fourth-order valence-corrected chi connectivity index (χ4v) is 3.64. The van der Waals surface area contributed by atoms with Gasteiger partial charge in [-0.15, -0.1) is 0 Å². The Hall–Kier alpha value is -1.47. The molecule has 0 N–H and O–H groups in total. The normalized spacial score (nSPS) is 30.6. The smallest absolute Gasteiger partial charge is 0.338 e. The summed E-state index contributed by atoms with van der Waals surface area (Å²) in [6.07, 6.45) is 3.43. The molecule has 2 fully saturated rings. The van der Waals surface area contributed by atoms with Gasteiger partial charge in [0.15, 0.2) is 0 Å². The summed E-state index contributed by atoms with van der Waals surface area (Å²) in [5.74, 6) is -0.458. The number of rotatable bonds is 3. The zero-order valence-corrected chi connectivity index (χ0v) is 13.4. The van der Waals surface area contributed by atoms with Crippen LogP contribution in [0.25, 0.3) is 0 Å². The van der Waals surface area contributed by atoms with E-state index >= 15 is 0 Å². The molecule has 1 aromatic rings. The molecule has 2 aliphatic heterocycles. The highest BCUT2D eigenvalue weighted by molar-refractivity contribution is 9.09. The molecule has 22 heavy (non-hydrogen) atoms. The number of alkyl halides is 1. The number of esters is 1. The first-order chi connectivity index (χ1) is 10.5. The van der Waals surface area contributed by atoms with E-state index in [1.54, 1.807) is 0 Å². The molecule has 0 saturated carbocycles. The molecular weight excluding hydrogens is 354 g/mol. The molecule has 0 unspecified atom stereocenters. The number of nitro groups is 1. The molecule has 3 rings (SSSR count). The highest BCUT2D eigenvalue weighted by Crippen LogP contribution is 2.36. The predicted octanol–water partition coefficient (Wildman–Crippen LogP) is 3.23. The first-order valence-corrected chi connectivity index (χ1v) is 8.21. The summed E-state index contributed by atoms with van der Waals surface area (Å²) in [6, 6.07) is 5.45. The molecule has 118 valence electrons. The topological polar surface area (TPSA) is 78.7 Å². The number of nitrogens with zero attached hydrogens (tertiary/aromatic N) is 1. The van der Waals surface area contributed by atoms with Crippen LogP contribution in [-0.4, -0.2) is 34.0 Å². The summed E-state index contributed by atoms with van der Waals surface area (Å²) in [4.78, 5) is 22.6. The van der Waals surface area contributed by atoms with Crippen molar-refractivity contribution in [3.05, 3.63) is 39.9 Å². The van der Waals surface area contributed by atoms with Gasteiger partial charge in [-0.2, -0.15) is 0 Å². The lowest BCUT2D eigenvalue weighted by Gasteiger charge is -2.21. The van der Waals surface area contributed by atoms with Gasteiger partial charge < -0.3 is 9.47 Å². The predicted molar refractivity (Wildman–Crippen MR) is 82.1 cm³/mol. The van der Waals surface area contributed by atoms with E-state index in [1.807, 2.05) is 0 Å². The molecule has 0 aromatic heterocycles. The molecule has 0 radical (unpaired) electrons. The molecule has 7 heteroatoms. The van der Waals surface area contributed by atoms with E-state index in [4.69, 9.17) is 9.47 Å². The Balaban J connectivity index is 1.67. The van der Waals surface area contributed by atoms with E-state index in [0.717, 1.165) is 25.7 Å². The Morgan fingerprint density at radius 3 is 2.55 bits per heavy atom. The molecule has 2 aliphatic rings. The van der Waals surface area contributed by atoms with Crippen LogP contribution in [-0.2, 0) is 9.47 Å². The number of halogens is 1. The number of carbonyl (C=O) groups is 1. The summed E-state index contributed by atoms with van der Waals surface area (Å²) >= 11 is 3.62. The average Bonchev–Trinajstić information content (AvgIpc) is 2.95. The lowest BCUT2D eigenvalue weighted by molar-refractivity contribution is -0.384. The lowest BCUT2D eigenvalue weighted by atomic mass is 9.98. The van der Waals surface area contributed by atoms with Crippen molar-refractivity contribution in [1.29, 1.82) is 0 Å². The second kappa shape index (κ2) is 6.34. The fraction of sp³-hybridized carbons (Fsp3) is 0.533. The zero-order chi connectivity index (χ0) is 15.7. The van der Waals surface area contributed by atoms with Crippen LogP contribution in [0.4, 0.5) is 5.69 Å². The number of benzene rings is 1. The SMILES string of the molecule is O=C(O[C@@H]1CC[C@H](Br)[C@@H]2CC[C@H]1O2)c1ccc([N+](=O)[O-])cc1. The van der Waals surface area contributed by atoms with Crippen LogP contribution in [0.15, 0.2) is 24.3 Å². The maximum Gasteiger partial charge on any atom is 0.338 e. The molecule has 2 bridgehead atoms. The van der Waals surface area contributed by atoms with Crippen molar-refractivity contribution in [1.82, 2.24) is 0 Å².